The lowest BCUT2D eigenvalue weighted by Crippen LogP contribution is -3.28. The number of carbonyl (C=O) groups excluding carboxylic acids is 2. The van der Waals surface area contributed by atoms with Crippen LogP contribution in [-0.2, 0) is 16.9 Å². The number of hydrogen-bond donors (Lipinski definition) is 3. The van der Waals surface area contributed by atoms with Crippen LogP contribution in [0.3, 0.4) is 0 Å². The second-order valence-electron chi connectivity index (χ2n) is 9.39. The molecule has 2 aromatic carbocycles. The number of quaternary nitrogens is 2. The standard InChI is InChI=1S/C25H32N4O2/c1-19(2)21-11-9-20(10-12-21)17-27-13-15-28(16-14-27)18-29-23(30)25(3,26-24(29)31)22-7-5-4-6-8-22/h4-12,19H,13-18H2,1-3H3,(H,26,31)/p+2/t25-/m1/s1. The summed E-state index contributed by atoms with van der Waals surface area (Å²) in [7, 11) is 0. The van der Waals surface area contributed by atoms with Crippen LogP contribution in [0.15, 0.2) is 54.6 Å². The minimum atomic E-state index is -0.979. The van der Waals surface area contributed by atoms with Crippen LogP contribution in [0.2, 0.25) is 0 Å². The van der Waals surface area contributed by atoms with Crippen molar-refractivity contribution in [2.75, 3.05) is 32.8 Å². The Labute approximate surface area is 184 Å². The van der Waals surface area contributed by atoms with Crippen molar-refractivity contribution < 1.29 is 19.4 Å². The van der Waals surface area contributed by atoms with E-state index >= 15 is 0 Å². The van der Waals surface area contributed by atoms with Crippen molar-refractivity contribution in [2.45, 2.75) is 38.8 Å². The van der Waals surface area contributed by atoms with Gasteiger partial charge in [-0.25, -0.2) is 9.69 Å². The Kier molecular flexibility index (Phi) is 6.12. The van der Waals surface area contributed by atoms with Gasteiger partial charge >= 0.3 is 6.03 Å². The molecule has 0 saturated carbocycles. The summed E-state index contributed by atoms with van der Waals surface area (Å²) in [4.78, 5) is 30.0. The highest BCUT2D eigenvalue weighted by molar-refractivity contribution is 6.07. The highest BCUT2D eigenvalue weighted by Gasteiger charge is 2.50. The van der Waals surface area contributed by atoms with E-state index in [0.29, 0.717) is 12.6 Å². The van der Waals surface area contributed by atoms with E-state index < -0.39 is 5.54 Å². The van der Waals surface area contributed by atoms with Crippen LogP contribution in [0.25, 0.3) is 0 Å². The summed E-state index contributed by atoms with van der Waals surface area (Å²) in [6.07, 6.45) is 0. The van der Waals surface area contributed by atoms with Crippen molar-refractivity contribution >= 4 is 11.9 Å². The number of benzene rings is 2. The molecule has 6 nitrogen and oxygen atoms in total. The number of carbonyl (C=O) groups is 2. The fraction of sp³-hybridized carbons (Fsp3) is 0.440. The van der Waals surface area contributed by atoms with Crippen LogP contribution in [0.5, 0.6) is 0 Å². The van der Waals surface area contributed by atoms with Crippen molar-refractivity contribution in [2.24, 2.45) is 0 Å². The minimum Gasteiger partial charge on any atom is -0.322 e. The zero-order chi connectivity index (χ0) is 22.0. The molecule has 0 radical (unpaired) electrons. The van der Waals surface area contributed by atoms with Crippen LogP contribution in [0.4, 0.5) is 4.79 Å². The first-order valence-electron chi connectivity index (χ1n) is 11.3. The summed E-state index contributed by atoms with van der Waals surface area (Å²) < 4.78 is 0. The number of piperazine rings is 1. The van der Waals surface area contributed by atoms with Crippen LogP contribution in [-0.4, -0.2) is 49.7 Å². The van der Waals surface area contributed by atoms with Crippen LogP contribution in [0, 0.1) is 0 Å². The van der Waals surface area contributed by atoms with Crippen LogP contribution in [0.1, 0.15) is 43.4 Å². The molecule has 2 aliphatic rings. The van der Waals surface area contributed by atoms with Crippen molar-refractivity contribution in [1.29, 1.82) is 0 Å². The Morgan fingerprint density at radius 2 is 1.55 bits per heavy atom. The maximum Gasteiger partial charge on any atom is 0.329 e. The number of nitrogens with one attached hydrogen (secondary N) is 3. The van der Waals surface area contributed by atoms with E-state index in [-0.39, 0.29) is 11.9 Å². The molecule has 3 amide bonds. The molecular formula is C25H34N4O2+2. The molecule has 2 aromatic rings. The van der Waals surface area contributed by atoms with E-state index in [2.05, 4.69) is 43.4 Å². The molecule has 31 heavy (non-hydrogen) atoms. The van der Waals surface area contributed by atoms with E-state index in [1.165, 1.54) is 20.9 Å². The fourth-order valence-corrected chi connectivity index (χ4v) is 4.63. The Balaban J connectivity index is 1.31. The first kappa shape index (κ1) is 21.5. The molecule has 1 atom stereocenters. The lowest BCUT2D eigenvalue weighted by molar-refractivity contribution is -1.02. The third kappa shape index (κ3) is 4.50. The smallest absolute Gasteiger partial charge is 0.322 e. The lowest BCUT2D eigenvalue weighted by Gasteiger charge is -2.31. The quantitative estimate of drug-likeness (QED) is 0.595. The number of urea groups is 1. The molecule has 0 unspecified atom stereocenters. The first-order chi connectivity index (χ1) is 14.9. The van der Waals surface area contributed by atoms with Gasteiger partial charge in [0.15, 0.2) is 6.67 Å². The summed E-state index contributed by atoms with van der Waals surface area (Å²) >= 11 is 0. The summed E-state index contributed by atoms with van der Waals surface area (Å²) in [5.74, 6) is 0.402. The molecule has 6 heteroatoms. The van der Waals surface area contributed by atoms with Gasteiger partial charge in [-0.2, -0.15) is 0 Å². The molecule has 2 aliphatic heterocycles. The van der Waals surface area contributed by atoms with Gasteiger partial charge in [-0.1, -0.05) is 68.4 Å². The number of rotatable bonds is 6. The van der Waals surface area contributed by atoms with Gasteiger partial charge in [-0.15, -0.1) is 0 Å². The SMILES string of the molecule is CC(C)c1ccc(C[NH+]2CC[NH+](CN3C(=O)N[C@](C)(c4ccccc4)C3=O)CC2)cc1. The van der Waals surface area contributed by atoms with Crippen LogP contribution >= 0.6 is 0 Å². The van der Waals surface area contributed by atoms with Gasteiger partial charge in [0, 0.05) is 5.56 Å². The average Bonchev–Trinajstić information content (AvgIpc) is 3.00. The number of nitrogens with zero attached hydrogens (tertiary/aromatic N) is 1. The van der Waals surface area contributed by atoms with E-state index in [1.807, 2.05) is 30.3 Å². The van der Waals surface area contributed by atoms with Gasteiger partial charge in [0.05, 0.1) is 0 Å². The minimum absolute atomic E-state index is 0.156. The Morgan fingerprint density at radius 1 is 0.935 bits per heavy atom. The van der Waals surface area contributed by atoms with Gasteiger partial charge < -0.3 is 15.1 Å². The molecule has 0 aliphatic carbocycles. The molecule has 2 fully saturated rings. The van der Waals surface area contributed by atoms with Gasteiger partial charge in [-0.05, 0) is 24.0 Å². The Bertz CT molecular complexity index is 920. The van der Waals surface area contributed by atoms with Crippen LogP contribution < -0.4 is 15.1 Å². The van der Waals surface area contributed by atoms with Crippen molar-refractivity contribution in [3.05, 3.63) is 71.3 Å². The molecule has 0 aromatic heterocycles. The Hall–Kier alpha value is -2.70. The fourth-order valence-electron chi connectivity index (χ4n) is 4.63. The van der Waals surface area contributed by atoms with E-state index in [0.717, 1.165) is 38.3 Å². The van der Waals surface area contributed by atoms with Gasteiger partial charge in [0.1, 0.15) is 38.3 Å². The van der Waals surface area contributed by atoms with E-state index in [1.54, 1.807) is 11.8 Å². The molecular weight excluding hydrogens is 388 g/mol. The number of imide groups is 1. The molecule has 0 spiro atoms. The zero-order valence-electron chi connectivity index (χ0n) is 18.8. The summed E-state index contributed by atoms with van der Waals surface area (Å²) in [6, 6.07) is 18.2. The second-order valence-corrected chi connectivity index (χ2v) is 9.39. The van der Waals surface area contributed by atoms with Crippen molar-refractivity contribution in [3.63, 3.8) is 0 Å². The van der Waals surface area contributed by atoms with E-state index in [9.17, 15) is 9.59 Å². The number of amides is 3. The van der Waals surface area contributed by atoms with Crippen molar-refractivity contribution in [3.8, 4) is 0 Å². The predicted molar refractivity (Wildman–Crippen MR) is 120 cm³/mol. The molecule has 2 saturated heterocycles. The highest BCUT2D eigenvalue weighted by atomic mass is 16.2. The maximum absolute atomic E-state index is 13.1. The normalized spacial score (nSPS) is 26.4. The topological polar surface area (TPSA) is 58.3 Å². The summed E-state index contributed by atoms with van der Waals surface area (Å²) in [6.45, 7) is 11.7. The lowest BCUT2D eigenvalue weighted by atomic mass is 9.92. The van der Waals surface area contributed by atoms with Gasteiger partial charge in [-0.3, -0.25) is 4.79 Å². The maximum atomic E-state index is 13.1. The summed E-state index contributed by atoms with van der Waals surface area (Å²) in [5, 5.41) is 2.91. The van der Waals surface area contributed by atoms with Crippen molar-refractivity contribution in [1.82, 2.24) is 10.2 Å². The summed E-state index contributed by atoms with van der Waals surface area (Å²) in [5.41, 5.74) is 2.59. The predicted octanol–water partition coefficient (Wildman–Crippen LogP) is 0.518. The van der Waals surface area contributed by atoms with E-state index in [4.69, 9.17) is 0 Å². The first-order valence-corrected chi connectivity index (χ1v) is 11.3. The average molecular weight is 423 g/mol. The molecule has 2 heterocycles. The molecule has 4 rings (SSSR count). The third-order valence-corrected chi connectivity index (χ3v) is 6.77. The zero-order valence-corrected chi connectivity index (χ0v) is 18.8. The van der Waals surface area contributed by atoms with Gasteiger partial charge in [0.2, 0.25) is 0 Å². The third-order valence-electron chi connectivity index (χ3n) is 6.77. The second kappa shape index (κ2) is 8.81. The van der Waals surface area contributed by atoms with Gasteiger partial charge in [0.25, 0.3) is 5.91 Å². The largest absolute Gasteiger partial charge is 0.329 e. The Morgan fingerprint density at radius 3 is 2.16 bits per heavy atom. The highest BCUT2D eigenvalue weighted by Crippen LogP contribution is 2.27. The molecule has 3 N–H and O–H groups in total. The molecule has 164 valence electrons. The molecule has 0 bridgehead atoms. The monoisotopic (exact) mass is 422 g/mol. The number of hydrogen-bond acceptors (Lipinski definition) is 2.